The molecular formula is C19H19N3O4. The van der Waals surface area contributed by atoms with Gasteiger partial charge in [-0.1, -0.05) is 37.3 Å². The number of nitrogens with zero attached hydrogens (tertiary/aromatic N) is 3. The third kappa shape index (κ3) is 3.70. The van der Waals surface area contributed by atoms with Crippen LogP contribution in [-0.4, -0.2) is 23.5 Å². The summed E-state index contributed by atoms with van der Waals surface area (Å²) in [6.07, 6.45) is 0. The zero-order chi connectivity index (χ0) is 19.3. The highest BCUT2D eigenvalue weighted by Gasteiger charge is 2.38. The number of nitriles is 1. The molecular weight excluding hydrogens is 334 g/mol. The third-order valence-corrected chi connectivity index (χ3v) is 4.28. The van der Waals surface area contributed by atoms with E-state index in [1.54, 1.807) is 13.8 Å². The minimum atomic E-state index is -0.980. The van der Waals surface area contributed by atoms with Crippen LogP contribution in [0.1, 0.15) is 32.3 Å². The molecule has 0 amide bonds. The molecule has 0 radical (unpaired) electrons. The Bertz CT molecular complexity index is 847. The van der Waals surface area contributed by atoms with Crippen molar-refractivity contribution in [3.05, 3.63) is 58.6 Å². The van der Waals surface area contributed by atoms with E-state index >= 15 is 0 Å². The number of azo groups is 1. The normalized spacial score (nSPS) is 20.9. The standard InChI is InChI=1S/C19H19N3O4/c1-4-26-19(25)17(14(23)10-20)22-21-16-12(3)11(2)15(18(16)24)13-8-6-5-7-9-13/h5-9,11,15,23H,4H2,1-3H3/b17-14-,22-21?. The summed E-state index contributed by atoms with van der Waals surface area (Å²) in [7, 11) is 0. The Hall–Kier alpha value is -3.27. The molecule has 0 heterocycles. The molecule has 1 aromatic carbocycles. The van der Waals surface area contributed by atoms with Crippen molar-refractivity contribution in [1.82, 2.24) is 0 Å². The van der Waals surface area contributed by atoms with Crippen molar-refractivity contribution in [2.75, 3.05) is 6.61 Å². The number of rotatable bonds is 5. The Balaban J connectivity index is 2.36. The highest BCUT2D eigenvalue weighted by Crippen LogP contribution is 2.41. The predicted molar refractivity (Wildman–Crippen MR) is 92.8 cm³/mol. The van der Waals surface area contributed by atoms with Gasteiger partial charge in [-0.05, 0) is 30.9 Å². The average molecular weight is 353 g/mol. The van der Waals surface area contributed by atoms with E-state index in [2.05, 4.69) is 10.2 Å². The summed E-state index contributed by atoms with van der Waals surface area (Å²) in [5.41, 5.74) is 1.10. The predicted octanol–water partition coefficient (Wildman–Crippen LogP) is 3.57. The van der Waals surface area contributed by atoms with Gasteiger partial charge in [0.15, 0.2) is 5.78 Å². The number of hydrogen-bond donors (Lipinski definition) is 1. The molecule has 2 unspecified atom stereocenters. The molecule has 1 N–H and O–H groups in total. The van der Waals surface area contributed by atoms with Gasteiger partial charge < -0.3 is 9.84 Å². The molecule has 2 rings (SSSR count). The third-order valence-electron chi connectivity index (χ3n) is 4.28. The van der Waals surface area contributed by atoms with Crippen molar-refractivity contribution >= 4 is 11.8 Å². The SMILES string of the molecule is CCOC(=O)/C(N=NC1=C(C)C(C)C(c2ccccc2)C1=O)=C(/O)C#N. The van der Waals surface area contributed by atoms with Gasteiger partial charge in [-0.25, -0.2) is 4.79 Å². The Labute approximate surface area is 151 Å². The molecule has 0 aromatic heterocycles. The van der Waals surface area contributed by atoms with Crippen molar-refractivity contribution < 1.29 is 19.4 Å². The molecule has 134 valence electrons. The van der Waals surface area contributed by atoms with Crippen LogP contribution < -0.4 is 0 Å². The molecule has 1 aliphatic rings. The highest BCUT2D eigenvalue weighted by atomic mass is 16.5. The van der Waals surface area contributed by atoms with Crippen LogP contribution in [0.3, 0.4) is 0 Å². The van der Waals surface area contributed by atoms with Crippen LogP contribution in [-0.2, 0) is 14.3 Å². The zero-order valence-corrected chi connectivity index (χ0v) is 14.8. The van der Waals surface area contributed by atoms with E-state index in [1.807, 2.05) is 37.3 Å². The number of Topliss-reactive ketones (excluding diaryl/α,β-unsaturated/α-hetero) is 1. The van der Waals surface area contributed by atoms with Crippen LogP contribution in [0.2, 0.25) is 0 Å². The molecule has 7 heteroatoms. The Morgan fingerprint density at radius 3 is 2.58 bits per heavy atom. The van der Waals surface area contributed by atoms with Crippen molar-refractivity contribution in [1.29, 1.82) is 5.26 Å². The molecule has 0 bridgehead atoms. The molecule has 0 fully saturated rings. The fourth-order valence-electron chi connectivity index (χ4n) is 2.80. The molecule has 7 nitrogen and oxygen atoms in total. The number of allylic oxidation sites excluding steroid dienone is 3. The first-order chi connectivity index (χ1) is 12.4. The minimum Gasteiger partial charge on any atom is -0.498 e. The number of hydrogen-bond acceptors (Lipinski definition) is 7. The largest absolute Gasteiger partial charge is 0.498 e. The van der Waals surface area contributed by atoms with E-state index < -0.39 is 17.4 Å². The van der Waals surface area contributed by atoms with Gasteiger partial charge in [0.05, 0.1) is 12.5 Å². The van der Waals surface area contributed by atoms with Crippen LogP contribution in [0.15, 0.2) is 63.3 Å². The Morgan fingerprint density at radius 1 is 1.35 bits per heavy atom. The van der Waals surface area contributed by atoms with Crippen LogP contribution in [0, 0.1) is 17.2 Å². The van der Waals surface area contributed by atoms with Gasteiger partial charge >= 0.3 is 5.97 Å². The van der Waals surface area contributed by atoms with Gasteiger partial charge in [0.25, 0.3) is 0 Å². The molecule has 0 saturated heterocycles. The Morgan fingerprint density at radius 2 is 2.00 bits per heavy atom. The number of carbonyl (C=O) groups is 2. The smallest absolute Gasteiger partial charge is 0.363 e. The first kappa shape index (κ1) is 19.1. The summed E-state index contributed by atoms with van der Waals surface area (Å²) in [6, 6.07) is 10.8. The van der Waals surface area contributed by atoms with Crippen molar-refractivity contribution in [3.8, 4) is 6.07 Å². The van der Waals surface area contributed by atoms with Crippen LogP contribution >= 0.6 is 0 Å². The molecule has 26 heavy (non-hydrogen) atoms. The summed E-state index contributed by atoms with van der Waals surface area (Å²) in [6.45, 7) is 5.32. The maximum absolute atomic E-state index is 12.8. The second-order valence-corrected chi connectivity index (χ2v) is 5.80. The Kier molecular flexibility index (Phi) is 6.02. The second kappa shape index (κ2) is 8.21. The number of carbonyl (C=O) groups excluding carboxylic acids is 2. The van der Waals surface area contributed by atoms with Gasteiger partial charge in [-0.3, -0.25) is 4.79 Å². The first-order valence-electron chi connectivity index (χ1n) is 8.14. The molecule has 0 aliphatic heterocycles. The topological polar surface area (TPSA) is 112 Å². The molecule has 1 aromatic rings. The van der Waals surface area contributed by atoms with Gasteiger partial charge in [0, 0.05) is 0 Å². The summed E-state index contributed by atoms with van der Waals surface area (Å²) in [5, 5.41) is 25.9. The van der Waals surface area contributed by atoms with E-state index in [1.165, 1.54) is 6.07 Å². The number of esters is 1. The summed E-state index contributed by atoms with van der Waals surface area (Å²) < 4.78 is 4.74. The zero-order valence-electron chi connectivity index (χ0n) is 14.8. The molecule has 2 atom stereocenters. The number of ether oxygens (including phenoxy) is 1. The number of aliphatic hydroxyl groups is 1. The van der Waals surface area contributed by atoms with E-state index in [9.17, 15) is 14.7 Å². The van der Waals surface area contributed by atoms with Gasteiger partial charge in [-0.2, -0.15) is 5.26 Å². The summed E-state index contributed by atoms with van der Waals surface area (Å²) in [4.78, 5) is 24.6. The van der Waals surface area contributed by atoms with Crippen molar-refractivity contribution in [3.63, 3.8) is 0 Å². The first-order valence-corrected chi connectivity index (χ1v) is 8.14. The lowest BCUT2D eigenvalue weighted by molar-refractivity contribution is -0.138. The molecule has 1 aliphatic carbocycles. The van der Waals surface area contributed by atoms with Gasteiger partial charge in [0.2, 0.25) is 11.5 Å². The summed E-state index contributed by atoms with van der Waals surface area (Å²) >= 11 is 0. The van der Waals surface area contributed by atoms with Crippen molar-refractivity contribution in [2.24, 2.45) is 16.1 Å². The van der Waals surface area contributed by atoms with Gasteiger partial charge in [-0.15, -0.1) is 10.2 Å². The van der Waals surface area contributed by atoms with Crippen LogP contribution in [0.5, 0.6) is 0 Å². The fourth-order valence-corrected chi connectivity index (χ4v) is 2.80. The molecule has 0 saturated carbocycles. The number of ketones is 1. The summed E-state index contributed by atoms with van der Waals surface area (Å²) in [5.74, 6) is -2.58. The lowest BCUT2D eigenvalue weighted by Crippen LogP contribution is -2.13. The van der Waals surface area contributed by atoms with E-state index in [0.29, 0.717) is 0 Å². The minimum absolute atomic E-state index is 0.0460. The lowest BCUT2D eigenvalue weighted by atomic mass is 9.87. The van der Waals surface area contributed by atoms with E-state index in [0.717, 1.165) is 11.1 Å². The monoisotopic (exact) mass is 353 g/mol. The highest BCUT2D eigenvalue weighted by molar-refractivity contribution is 6.04. The quantitative estimate of drug-likeness (QED) is 0.217. The maximum Gasteiger partial charge on any atom is 0.363 e. The van der Waals surface area contributed by atoms with E-state index in [-0.39, 0.29) is 29.9 Å². The number of aliphatic hydroxyl groups excluding tert-OH is 1. The second-order valence-electron chi connectivity index (χ2n) is 5.80. The molecule has 0 spiro atoms. The van der Waals surface area contributed by atoms with Crippen LogP contribution in [0.25, 0.3) is 0 Å². The van der Waals surface area contributed by atoms with Gasteiger partial charge in [0.1, 0.15) is 11.8 Å². The maximum atomic E-state index is 12.8. The fraction of sp³-hybridized carbons (Fsp3) is 0.316. The average Bonchev–Trinajstić information content (AvgIpc) is 2.85. The van der Waals surface area contributed by atoms with Crippen molar-refractivity contribution in [2.45, 2.75) is 26.7 Å². The lowest BCUT2D eigenvalue weighted by Gasteiger charge is -2.15. The number of benzene rings is 1. The van der Waals surface area contributed by atoms with E-state index in [4.69, 9.17) is 10.00 Å². The van der Waals surface area contributed by atoms with Crippen LogP contribution in [0.4, 0.5) is 0 Å².